The maximum absolute atomic E-state index is 15.4. The van der Waals surface area contributed by atoms with Crippen LogP contribution < -0.4 is 10.0 Å². The zero-order valence-corrected chi connectivity index (χ0v) is 22.3. The number of anilines is 1. The quantitative estimate of drug-likeness (QED) is 0.281. The molecule has 0 atom stereocenters. The van der Waals surface area contributed by atoms with Crippen molar-refractivity contribution in [3.8, 4) is 11.1 Å². The lowest BCUT2D eigenvalue weighted by molar-refractivity contribution is 0.103. The fourth-order valence-corrected chi connectivity index (χ4v) is 5.58. The van der Waals surface area contributed by atoms with Gasteiger partial charge in [-0.1, -0.05) is 13.0 Å². The Labute approximate surface area is 224 Å². The normalized spacial score (nSPS) is 14.7. The predicted molar refractivity (Wildman–Crippen MR) is 145 cm³/mol. The summed E-state index contributed by atoms with van der Waals surface area (Å²) in [6, 6.07) is 7.45. The first-order valence-electron chi connectivity index (χ1n) is 12.6. The van der Waals surface area contributed by atoms with Crippen LogP contribution in [0.5, 0.6) is 0 Å². The number of fused-ring (bicyclic) bond motifs is 1. The monoisotopic (exact) mass is 554 g/mol. The molecular weight excluding hydrogens is 526 g/mol. The molecule has 12 heteroatoms. The molecule has 4 aromatic rings. The molecule has 3 aromatic heterocycles. The topological polar surface area (TPSA) is 120 Å². The summed E-state index contributed by atoms with van der Waals surface area (Å²) in [5.74, 6) is -2.95. The minimum atomic E-state index is -4.09. The fraction of sp³-hybridized carbons (Fsp3) is 0.296. The largest absolute Gasteiger partial charge is 0.345 e. The molecule has 1 aliphatic heterocycles. The summed E-state index contributed by atoms with van der Waals surface area (Å²) in [7, 11) is -2.78. The zero-order chi connectivity index (χ0) is 27.7. The SMILES string of the molecule is CCN(C)S(=O)(=O)Nc1ccc(F)c(C(=O)c2c[nH]c3ncc(-c4ccc(C5CCNCC5)nc4)cc23)c1F. The molecule has 0 bridgehead atoms. The number of carbonyl (C=O) groups is 1. The molecule has 9 nitrogen and oxygen atoms in total. The van der Waals surface area contributed by atoms with E-state index in [1.165, 1.54) is 13.2 Å². The molecule has 4 heterocycles. The Morgan fingerprint density at radius 1 is 1.10 bits per heavy atom. The molecular formula is C27H28F2N6O3S. The number of hydrogen-bond donors (Lipinski definition) is 3. The average molecular weight is 555 g/mol. The van der Waals surface area contributed by atoms with Crippen molar-refractivity contribution in [2.75, 3.05) is 31.4 Å². The molecule has 1 aliphatic rings. The van der Waals surface area contributed by atoms with Crippen LogP contribution in [0.15, 0.2) is 48.9 Å². The van der Waals surface area contributed by atoms with E-state index < -0.39 is 38.9 Å². The van der Waals surface area contributed by atoms with Crippen molar-refractivity contribution in [3.63, 3.8) is 0 Å². The molecule has 0 unspecified atom stereocenters. The second-order valence-corrected chi connectivity index (χ2v) is 11.2. The number of carbonyl (C=O) groups excluding carboxylic acids is 1. The Morgan fingerprint density at radius 3 is 2.54 bits per heavy atom. The molecule has 1 fully saturated rings. The number of hydrogen-bond acceptors (Lipinski definition) is 6. The van der Waals surface area contributed by atoms with Crippen molar-refractivity contribution >= 4 is 32.7 Å². The third kappa shape index (κ3) is 5.27. The molecule has 1 saturated heterocycles. The number of aromatic nitrogens is 3. The number of H-pyrrole nitrogens is 1. The van der Waals surface area contributed by atoms with Gasteiger partial charge in [-0.15, -0.1) is 0 Å². The first-order valence-corrected chi connectivity index (χ1v) is 14.0. The highest BCUT2D eigenvalue weighted by Gasteiger charge is 2.27. The molecule has 0 saturated carbocycles. The summed E-state index contributed by atoms with van der Waals surface area (Å²) in [4.78, 5) is 25.3. The predicted octanol–water partition coefficient (Wildman–Crippen LogP) is 4.21. The lowest BCUT2D eigenvalue weighted by Gasteiger charge is -2.22. The van der Waals surface area contributed by atoms with Crippen molar-refractivity contribution in [1.29, 1.82) is 0 Å². The number of nitrogens with one attached hydrogen (secondary N) is 3. The molecule has 1 aromatic carbocycles. The van der Waals surface area contributed by atoms with Gasteiger partial charge in [-0.05, 0) is 50.2 Å². The number of halogens is 2. The van der Waals surface area contributed by atoms with E-state index in [1.807, 2.05) is 12.1 Å². The van der Waals surface area contributed by atoms with Crippen molar-refractivity contribution in [2.24, 2.45) is 0 Å². The van der Waals surface area contributed by atoms with Crippen LogP contribution in [0.1, 0.15) is 47.3 Å². The molecule has 0 radical (unpaired) electrons. The van der Waals surface area contributed by atoms with Gasteiger partial charge in [-0.2, -0.15) is 12.7 Å². The summed E-state index contributed by atoms with van der Waals surface area (Å²) >= 11 is 0. The van der Waals surface area contributed by atoms with Gasteiger partial charge in [-0.3, -0.25) is 14.5 Å². The van der Waals surface area contributed by atoms with E-state index in [-0.39, 0.29) is 12.1 Å². The van der Waals surface area contributed by atoms with E-state index in [9.17, 15) is 17.6 Å². The van der Waals surface area contributed by atoms with Crippen molar-refractivity contribution in [3.05, 3.63) is 77.4 Å². The van der Waals surface area contributed by atoms with Gasteiger partial charge in [0, 0.05) is 65.9 Å². The second kappa shape index (κ2) is 10.8. The van der Waals surface area contributed by atoms with Crippen molar-refractivity contribution in [1.82, 2.24) is 24.6 Å². The summed E-state index contributed by atoms with van der Waals surface area (Å²) in [5, 5.41) is 3.71. The molecule has 39 heavy (non-hydrogen) atoms. The van der Waals surface area contributed by atoms with Crippen LogP contribution in [0.3, 0.4) is 0 Å². The van der Waals surface area contributed by atoms with Gasteiger partial charge in [0.15, 0.2) is 5.82 Å². The Hall–Kier alpha value is -3.74. The van der Waals surface area contributed by atoms with E-state index in [1.54, 1.807) is 25.4 Å². The van der Waals surface area contributed by atoms with Gasteiger partial charge >= 0.3 is 10.2 Å². The second-order valence-electron chi connectivity index (χ2n) is 9.45. The van der Waals surface area contributed by atoms with E-state index in [0.29, 0.717) is 22.5 Å². The maximum atomic E-state index is 15.4. The van der Waals surface area contributed by atoms with Crippen LogP contribution in [0.2, 0.25) is 0 Å². The summed E-state index contributed by atoms with van der Waals surface area (Å²) in [6.45, 7) is 3.66. The lowest BCUT2D eigenvalue weighted by atomic mass is 9.93. The summed E-state index contributed by atoms with van der Waals surface area (Å²) < 4.78 is 57.9. The molecule has 204 valence electrons. The van der Waals surface area contributed by atoms with E-state index in [0.717, 1.165) is 53.6 Å². The standard InChI is InChI=1S/C27H28F2N6O3S/c1-3-35(2)39(37,38)34-23-7-5-21(28)24(25(23)29)26(36)20-15-33-27-19(20)12-18(14-32-27)17-4-6-22(31-13-17)16-8-10-30-11-9-16/h4-7,12-16,30,34H,3,8-11H2,1-2H3,(H,32,33). The summed E-state index contributed by atoms with van der Waals surface area (Å²) in [6.07, 6.45) is 6.79. The fourth-order valence-electron chi connectivity index (χ4n) is 4.65. The van der Waals surface area contributed by atoms with Gasteiger partial charge in [0.25, 0.3) is 0 Å². The van der Waals surface area contributed by atoms with Gasteiger partial charge in [0.05, 0.1) is 11.3 Å². The van der Waals surface area contributed by atoms with Gasteiger partial charge in [0.2, 0.25) is 5.78 Å². The van der Waals surface area contributed by atoms with Crippen LogP contribution in [-0.2, 0) is 10.2 Å². The van der Waals surface area contributed by atoms with Gasteiger partial charge < -0.3 is 10.3 Å². The van der Waals surface area contributed by atoms with Crippen LogP contribution in [0.4, 0.5) is 14.5 Å². The number of pyridine rings is 2. The average Bonchev–Trinajstić information content (AvgIpc) is 3.38. The molecule has 5 rings (SSSR count). The van der Waals surface area contributed by atoms with Crippen LogP contribution in [-0.4, -0.2) is 60.1 Å². The molecule has 3 N–H and O–H groups in total. The number of ketones is 1. The van der Waals surface area contributed by atoms with E-state index in [2.05, 4.69) is 25.0 Å². The lowest BCUT2D eigenvalue weighted by Crippen LogP contribution is -2.32. The minimum Gasteiger partial charge on any atom is -0.345 e. The van der Waals surface area contributed by atoms with Crippen molar-refractivity contribution < 1.29 is 22.0 Å². The number of nitrogens with zero attached hydrogens (tertiary/aromatic N) is 3. The Kier molecular flexibility index (Phi) is 7.43. The Bertz CT molecular complexity index is 1630. The number of rotatable bonds is 8. The highest BCUT2D eigenvalue weighted by atomic mass is 32.2. The highest BCUT2D eigenvalue weighted by Crippen LogP contribution is 2.30. The first kappa shape index (κ1) is 26.9. The van der Waals surface area contributed by atoms with Crippen LogP contribution in [0, 0.1) is 11.6 Å². The third-order valence-corrected chi connectivity index (χ3v) is 8.62. The number of aromatic amines is 1. The molecule has 0 amide bonds. The zero-order valence-electron chi connectivity index (χ0n) is 21.5. The Balaban J connectivity index is 1.48. The van der Waals surface area contributed by atoms with Crippen LogP contribution in [0.25, 0.3) is 22.2 Å². The van der Waals surface area contributed by atoms with Crippen LogP contribution >= 0.6 is 0 Å². The van der Waals surface area contributed by atoms with Gasteiger partial charge in [-0.25, -0.2) is 13.8 Å². The maximum Gasteiger partial charge on any atom is 0.301 e. The smallest absolute Gasteiger partial charge is 0.301 e. The third-order valence-electron chi connectivity index (χ3n) is 7.07. The molecule has 0 aliphatic carbocycles. The number of benzene rings is 1. The molecule has 0 spiro atoms. The van der Waals surface area contributed by atoms with E-state index in [4.69, 9.17) is 0 Å². The van der Waals surface area contributed by atoms with E-state index >= 15 is 4.39 Å². The minimum absolute atomic E-state index is 0.00196. The Morgan fingerprint density at radius 2 is 1.85 bits per heavy atom. The first-order chi connectivity index (χ1) is 18.7. The highest BCUT2D eigenvalue weighted by molar-refractivity contribution is 7.90. The summed E-state index contributed by atoms with van der Waals surface area (Å²) in [5.41, 5.74) is 1.47. The van der Waals surface area contributed by atoms with Gasteiger partial charge in [0.1, 0.15) is 11.5 Å². The van der Waals surface area contributed by atoms with Crippen molar-refractivity contribution in [2.45, 2.75) is 25.7 Å². The number of piperidine rings is 1.